The van der Waals surface area contributed by atoms with Crippen molar-refractivity contribution in [2.45, 2.75) is 44.0 Å². The number of hydrogen-bond acceptors (Lipinski definition) is 2. The van der Waals surface area contributed by atoms with Gasteiger partial charge >= 0.3 is 6.36 Å². The van der Waals surface area contributed by atoms with Crippen LogP contribution in [0.5, 0.6) is 5.75 Å². The summed E-state index contributed by atoms with van der Waals surface area (Å²) in [6, 6.07) is 6.49. The lowest BCUT2D eigenvalue weighted by Crippen LogP contribution is -2.25. The van der Waals surface area contributed by atoms with Crippen molar-refractivity contribution in [2.24, 2.45) is 5.73 Å². The van der Waals surface area contributed by atoms with Gasteiger partial charge in [0.25, 0.3) is 0 Å². The van der Waals surface area contributed by atoms with Crippen LogP contribution in [-0.2, 0) is 0 Å². The first-order valence-corrected chi connectivity index (χ1v) is 6.05. The van der Waals surface area contributed by atoms with E-state index in [1.807, 2.05) is 6.07 Å². The molecule has 0 heterocycles. The monoisotopic (exact) mass is 259 g/mol. The average molecular weight is 259 g/mol. The van der Waals surface area contributed by atoms with Gasteiger partial charge in [-0.25, -0.2) is 0 Å². The Hall–Kier alpha value is -1.23. The highest BCUT2D eigenvalue weighted by molar-refractivity contribution is 5.31. The largest absolute Gasteiger partial charge is 0.573 e. The summed E-state index contributed by atoms with van der Waals surface area (Å²) in [5.74, 6) is 0.149. The van der Waals surface area contributed by atoms with Crippen molar-refractivity contribution in [1.29, 1.82) is 0 Å². The lowest BCUT2D eigenvalue weighted by Gasteiger charge is -2.26. The van der Waals surface area contributed by atoms with Gasteiger partial charge in [0.15, 0.2) is 0 Å². The minimum atomic E-state index is -4.63. The molecule has 0 saturated heterocycles. The Morgan fingerprint density at radius 3 is 2.39 bits per heavy atom. The zero-order valence-electron chi connectivity index (χ0n) is 9.91. The molecule has 0 bridgehead atoms. The van der Waals surface area contributed by atoms with Crippen LogP contribution in [0, 0.1) is 0 Å². The van der Waals surface area contributed by atoms with Crippen LogP contribution in [0.25, 0.3) is 0 Å². The molecule has 2 nitrogen and oxygen atoms in total. The molecule has 0 spiro atoms. The van der Waals surface area contributed by atoms with Gasteiger partial charge in [0, 0.05) is 6.04 Å². The number of hydrogen-bond donors (Lipinski definition) is 1. The Kier molecular flexibility index (Phi) is 3.80. The van der Waals surface area contributed by atoms with Crippen molar-refractivity contribution in [2.75, 3.05) is 0 Å². The molecule has 0 aromatic heterocycles. The van der Waals surface area contributed by atoms with Crippen LogP contribution in [0.3, 0.4) is 0 Å². The van der Waals surface area contributed by atoms with Crippen molar-refractivity contribution in [3.63, 3.8) is 0 Å². The third-order valence-corrected chi connectivity index (χ3v) is 3.33. The summed E-state index contributed by atoms with van der Waals surface area (Å²) >= 11 is 0. The molecule has 5 heteroatoms. The van der Waals surface area contributed by atoms with E-state index in [9.17, 15) is 13.2 Å². The van der Waals surface area contributed by atoms with Gasteiger partial charge in [-0.2, -0.15) is 0 Å². The van der Waals surface area contributed by atoms with E-state index < -0.39 is 6.36 Å². The van der Waals surface area contributed by atoms with Gasteiger partial charge in [-0.3, -0.25) is 0 Å². The van der Waals surface area contributed by atoms with Gasteiger partial charge in [-0.15, -0.1) is 13.2 Å². The molecule has 1 aliphatic rings. The van der Waals surface area contributed by atoms with E-state index in [2.05, 4.69) is 4.74 Å². The predicted octanol–water partition coefficient (Wildman–Crippen LogP) is 3.57. The number of alkyl halides is 3. The van der Waals surface area contributed by atoms with Gasteiger partial charge in [0.2, 0.25) is 0 Å². The Morgan fingerprint density at radius 1 is 1.11 bits per heavy atom. The lowest BCUT2D eigenvalue weighted by molar-refractivity contribution is -0.274. The van der Waals surface area contributed by atoms with Gasteiger partial charge in [0.1, 0.15) is 5.75 Å². The average Bonchev–Trinajstić information content (AvgIpc) is 2.28. The normalized spacial score (nSPS) is 24.9. The summed E-state index contributed by atoms with van der Waals surface area (Å²) in [6.07, 6.45) is -0.926. The van der Waals surface area contributed by atoms with E-state index in [1.54, 1.807) is 6.07 Å². The van der Waals surface area contributed by atoms with Crippen LogP contribution in [0.4, 0.5) is 13.2 Å². The highest BCUT2D eigenvalue weighted by Crippen LogP contribution is 2.34. The number of halogens is 3. The van der Waals surface area contributed by atoms with Crippen LogP contribution < -0.4 is 10.5 Å². The molecule has 0 atom stereocenters. The smallest absolute Gasteiger partial charge is 0.406 e. The van der Waals surface area contributed by atoms with Crippen LogP contribution in [0.2, 0.25) is 0 Å². The van der Waals surface area contributed by atoms with Crippen molar-refractivity contribution in [3.8, 4) is 5.75 Å². The van der Waals surface area contributed by atoms with E-state index in [-0.39, 0.29) is 11.8 Å². The fourth-order valence-electron chi connectivity index (χ4n) is 2.42. The lowest BCUT2D eigenvalue weighted by atomic mass is 9.82. The fourth-order valence-corrected chi connectivity index (χ4v) is 2.42. The molecule has 1 aliphatic carbocycles. The molecule has 18 heavy (non-hydrogen) atoms. The molecule has 0 amide bonds. The molecule has 0 unspecified atom stereocenters. The van der Waals surface area contributed by atoms with Crippen LogP contribution in [0.15, 0.2) is 24.3 Å². The van der Waals surface area contributed by atoms with Gasteiger partial charge in [-0.1, -0.05) is 12.1 Å². The van der Waals surface area contributed by atoms with E-state index in [4.69, 9.17) is 5.73 Å². The van der Waals surface area contributed by atoms with Crippen molar-refractivity contribution in [1.82, 2.24) is 0 Å². The van der Waals surface area contributed by atoms with Gasteiger partial charge in [-0.05, 0) is 49.3 Å². The SMILES string of the molecule is N[C@H]1CC[C@@H](c2cccc(OC(F)(F)F)c2)CC1. The minimum absolute atomic E-state index is 0.144. The Bertz CT molecular complexity index is 397. The topological polar surface area (TPSA) is 35.2 Å². The minimum Gasteiger partial charge on any atom is -0.406 e. The zero-order valence-corrected chi connectivity index (χ0v) is 9.91. The van der Waals surface area contributed by atoms with Crippen LogP contribution in [0.1, 0.15) is 37.2 Å². The summed E-state index contributed by atoms with van der Waals surface area (Å²) in [6.45, 7) is 0. The summed E-state index contributed by atoms with van der Waals surface area (Å²) < 4.78 is 40.3. The molecule has 2 rings (SSSR count). The van der Waals surface area contributed by atoms with E-state index in [0.29, 0.717) is 5.92 Å². The second kappa shape index (κ2) is 5.18. The molecule has 0 radical (unpaired) electrons. The summed E-state index contributed by atoms with van der Waals surface area (Å²) in [4.78, 5) is 0. The summed E-state index contributed by atoms with van der Waals surface area (Å²) in [5.41, 5.74) is 6.72. The standard InChI is InChI=1S/C13H16F3NO/c14-13(15,16)18-12-3-1-2-10(8-12)9-4-6-11(17)7-5-9/h1-3,8-9,11H,4-7,17H2/t9-,11+. The number of benzene rings is 1. The van der Waals surface area contributed by atoms with E-state index >= 15 is 0 Å². The number of rotatable bonds is 2. The predicted molar refractivity (Wildman–Crippen MR) is 62.3 cm³/mol. The molecule has 1 aromatic carbocycles. The number of nitrogens with two attached hydrogens (primary N) is 1. The number of ether oxygens (including phenoxy) is 1. The molecule has 2 N–H and O–H groups in total. The first-order valence-electron chi connectivity index (χ1n) is 6.05. The third-order valence-electron chi connectivity index (χ3n) is 3.33. The highest BCUT2D eigenvalue weighted by atomic mass is 19.4. The maximum atomic E-state index is 12.1. The molecule has 100 valence electrons. The second-order valence-corrected chi connectivity index (χ2v) is 4.73. The van der Waals surface area contributed by atoms with Crippen molar-refractivity contribution < 1.29 is 17.9 Å². The Labute approximate surface area is 104 Å². The third kappa shape index (κ3) is 3.63. The quantitative estimate of drug-likeness (QED) is 0.881. The molecule has 0 aliphatic heterocycles. The maximum absolute atomic E-state index is 12.1. The Morgan fingerprint density at radius 2 is 1.78 bits per heavy atom. The maximum Gasteiger partial charge on any atom is 0.573 e. The van der Waals surface area contributed by atoms with Crippen LogP contribution >= 0.6 is 0 Å². The van der Waals surface area contributed by atoms with Crippen LogP contribution in [-0.4, -0.2) is 12.4 Å². The van der Waals surface area contributed by atoms with Crippen molar-refractivity contribution >= 4 is 0 Å². The van der Waals surface area contributed by atoms with E-state index in [1.165, 1.54) is 12.1 Å². The molecular formula is C13H16F3NO. The first kappa shape index (κ1) is 13.2. The highest BCUT2D eigenvalue weighted by Gasteiger charge is 2.31. The van der Waals surface area contributed by atoms with Crippen molar-refractivity contribution in [3.05, 3.63) is 29.8 Å². The Balaban J connectivity index is 2.07. The summed E-state index contributed by atoms with van der Waals surface area (Å²) in [5, 5.41) is 0. The van der Waals surface area contributed by atoms with E-state index in [0.717, 1.165) is 31.2 Å². The first-order chi connectivity index (χ1) is 8.44. The molecule has 1 aromatic rings. The summed E-state index contributed by atoms with van der Waals surface area (Å²) in [7, 11) is 0. The fraction of sp³-hybridized carbons (Fsp3) is 0.538. The molecule has 1 fully saturated rings. The van der Waals surface area contributed by atoms with Gasteiger partial charge < -0.3 is 10.5 Å². The molecule has 1 saturated carbocycles. The second-order valence-electron chi connectivity index (χ2n) is 4.73. The van der Waals surface area contributed by atoms with Gasteiger partial charge in [0.05, 0.1) is 0 Å². The zero-order chi connectivity index (χ0) is 13.2. The molecular weight excluding hydrogens is 243 g/mol.